The average Bonchev–Trinajstić information content (AvgIpc) is 2.75. The summed E-state index contributed by atoms with van der Waals surface area (Å²) in [5.74, 6) is -0.929. The summed E-state index contributed by atoms with van der Waals surface area (Å²) in [6, 6.07) is 9.29. The molecule has 0 unspecified atom stereocenters. The Balaban J connectivity index is 1.93. The van der Waals surface area contributed by atoms with Gasteiger partial charge in [-0.25, -0.2) is 4.79 Å². The summed E-state index contributed by atoms with van der Waals surface area (Å²) in [6.07, 6.45) is 0.939. The SMILES string of the molecule is O=C(O)c1ccc(NCCc2ccc(Br)s2)cc1Br. The van der Waals surface area contributed by atoms with Crippen molar-refractivity contribution in [3.05, 3.63) is 49.0 Å². The lowest BCUT2D eigenvalue weighted by atomic mass is 10.2. The molecule has 3 nitrogen and oxygen atoms in total. The van der Waals surface area contributed by atoms with Gasteiger partial charge in [0.15, 0.2) is 0 Å². The van der Waals surface area contributed by atoms with Crippen molar-refractivity contribution < 1.29 is 9.90 Å². The number of carboxylic acid groups (broad SMARTS) is 1. The van der Waals surface area contributed by atoms with Gasteiger partial charge in [-0.1, -0.05) is 0 Å². The molecule has 1 aromatic heterocycles. The van der Waals surface area contributed by atoms with Crippen LogP contribution in [0.5, 0.6) is 0 Å². The number of rotatable bonds is 5. The van der Waals surface area contributed by atoms with Gasteiger partial charge in [-0.2, -0.15) is 0 Å². The smallest absolute Gasteiger partial charge is 0.336 e. The zero-order valence-corrected chi connectivity index (χ0v) is 13.8. The van der Waals surface area contributed by atoms with Crippen LogP contribution in [0.2, 0.25) is 0 Å². The molecule has 2 N–H and O–H groups in total. The highest BCUT2D eigenvalue weighted by Gasteiger charge is 2.08. The third-order valence-electron chi connectivity index (χ3n) is 2.53. The predicted molar refractivity (Wildman–Crippen MR) is 85.3 cm³/mol. The van der Waals surface area contributed by atoms with E-state index in [1.165, 1.54) is 4.88 Å². The first-order chi connectivity index (χ1) is 9.06. The Morgan fingerprint density at radius 3 is 2.63 bits per heavy atom. The number of nitrogens with one attached hydrogen (secondary N) is 1. The van der Waals surface area contributed by atoms with E-state index >= 15 is 0 Å². The summed E-state index contributed by atoms with van der Waals surface area (Å²) in [5.41, 5.74) is 1.18. The van der Waals surface area contributed by atoms with Gasteiger partial charge < -0.3 is 10.4 Å². The number of anilines is 1. The Bertz CT molecular complexity index is 598. The summed E-state index contributed by atoms with van der Waals surface area (Å²) < 4.78 is 1.72. The van der Waals surface area contributed by atoms with Crippen molar-refractivity contribution in [3.8, 4) is 0 Å². The third kappa shape index (κ3) is 4.06. The first-order valence-corrected chi connectivity index (χ1v) is 7.97. The second kappa shape index (κ2) is 6.54. The highest BCUT2D eigenvalue weighted by atomic mass is 79.9. The molecule has 0 aliphatic heterocycles. The van der Waals surface area contributed by atoms with Crippen molar-refractivity contribution in [1.29, 1.82) is 0 Å². The maximum Gasteiger partial charge on any atom is 0.336 e. The quantitative estimate of drug-likeness (QED) is 0.763. The fourth-order valence-corrected chi connectivity index (χ4v) is 3.65. The molecule has 0 amide bonds. The van der Waals surface area contributed by atoms with Gasteiger partial charge in [-0.15, -0.1) is 11.3 Å². The van der Waals surface area contributed by atoms with Gasteiger partial charge in [0.1, 0.15) is 0 Å². The molecule has 19 heavy (non-hydrogen) atoms. The third-order valence-corrected chi connectivity index (χ3v) is 4.87. The van der Waals surface area contributed by atoms with E-state index in [0.717, 1.165) is 22.4 Å². The number of hydrogen-bond acceptors (Lipinski definition) is 3. The molecule has 0 saturated carbocycles. The van der Waals surface area contributed by atoms with Gasteiger partial charge in [0.2, 0.25) is 0 Å². The van der Waals surface area contributed by atoms with E-state index in [1.54, 1.807) is 29.5 Å². The zero-order chi connectivity index (χ0) is 13.8. The number of carbonyl (C=O) groups is 1. The molecule has 0 aliphatic rings. The van der Waals surface area contributed by atoms with E-state index in [2.05, 4.69) is 43.2 Å². The Morgan fingerprint density at radius 2 is 2.05 bits per heavy atom. The summed E-state index contributed by atoms with van der Waals surface area (Å²) in [7, 11) is 0. The van der Waals surface area contributed by atoms with Gasteiger partial charge in [0.25, 0.3) is 0 Å². The molecule has 0 atom stereocenters. The number of hydrogen-bond donors (Lipinski definition) is 2. The number of carboxylic acids is 1. The topological polar surface area (TPSA) is 49.3 Å². The van der Waals surface area contributed by atoms with Crippen molar-refractivity contribution in [2.24, 2.45) is 0 Å². The Kier molecular flexibility index (Phi) is 5.01. The van der Waals surface area contributed by atoms with Gasteiger partial charge in [0.05, 0.1) is 9.35 Å². The minimum absolute atomic E-state index is 0.271. The van der Waals surface area contributed by atoms with Crippen molar-refractivity contribution in [3.63, 3.8) is 0 Å². The molecule has 0 spiro atoms. The molecule has 6 heteroatoms. The van der Waals surface area contributed by atoms with Crippen LogP contribution in [-0.2, 0) is 6.42 Å². The van der Waals surface area contributed by atoms with Crippen molar-refractivity contribution >= 4 is 54.9 Å². The lowest BCUT2D eigenvalue weighted by Crippen LogP contribution is -2.05. The van der Waals surface area contributed by atoms with Crippen molar-refractivity contribution in [2.45, 2.75) is 6.42 Å². The fraction of sp³-hybridized carbons (Fsp3) is 0.154. The monoisotopic (exact) mass is 403 g/mol. The molecule has 2 rings (SSSR count). The molecule has 0 aliphatic carbocycles. The molecule has 2 aromatic rings. The van der Waals surface area contributed by atoms with Crippen LogP contribution in [0.4, 0.5) is 5.69 Å². The normalized spacial score (nSPS) is 10.4. The van der Waals surface area contributed by atoms with E-state index in [0.29, 0.717) is 4.47 Å². The summed E-state index contributed by atoms with van der Waals surface area (Å²) in [4.78, 5) is 12.2. The van der Waals surface area contributed by atoms with Crippen LogP contribution in [-0.4, -0.2) is 17.6 Å². The highest BCUT2D eigenvalue weighted by molar-refractivity contribution is 9.11. The Labute approximate surface area is 131 Å². The van der Waals surface area contributed by atoms with E-state index in [1.807, 2.05) is 6.07 Å². The second-order valence-electron chi connectivity index (χ2n) is 3.88. The summed E-state index contributed by atoms with van der Waals surface area (Å²) in [6.45, 7) is 0.811. The van der Waals surface area contributed by atoms with Crippen molar-refractivity contribution in [1.82, 2.24) is 0 Å². The van der Waals surface area contributed by atoms with Gasteiger partial charge in [-0.3, -0.25) is 0 Å². The largest absolute Gasteiger partial charge is 0.478 e. The molecule has 0 saturated heterocycles. The van der Waals surface area contributed by atoms with Crippen LogP contribution in [0.15, 0.2) is 38.6 Å². The maximum absolute atomic E-state index is 10.9. The minimum Gasteiger partial charge on any atom is -0.478 e. The predicted octanol–water partition coefficient (Wildman–Crippen LogP) is 4.63. The molecular formula is C13H11Br2NO2S. The molecule has 0 bridgehead atoms. The lowest BCUT2D eigenvalue weighted by molar-refractivity contribution is 0.0696. The first-order valence-electron chi connectivity index (χ1n) is 5.57. The van der Waals surface area contributed by atoms with Gasteiger partial charge >= 0.3 is 5.97 Å². The lowest BCUT2D eigenvalue weighted by Gasteiger charge is -2.07. The average molecular weight is 405 g/mol. The van der Waals surface area contributed by atoms with Crippen LogP contribution in [0.1, 0.15) is 15.2 Å². The van der Waals surface area contributed by atoms with Crippen LogP contribution < -0.4 is 5.32 Å². The van der Waals surface area contributed by atoms with Gasteiger partial charge in [-0.05, 0) is 68.6 Å². The van der Waals surface area contributed by atoms with Crippen molar-refractivity contribution in [2.75, 3.05) is 11.9 Å². The molecule has 0 radical (unpaired) electrons. The zero-order valence-electron chi connectivity index (χ0n) is 9.82. The van der Waals surface area contributed by atoms with Crippen LogP contribution in [0.25, 0.3) is 0 Å². The standard InChI is InChI=1S/C13H11Br2NO2S/c14-11-7-8(1-3-10(11)13(17)18)16-6-5-9-2-4-12(15)19-9/h1-4,7,16H,5-6H2,(H,17,18). The number of halogens is 2. The van der Waals surface area contributed by atoms with E-state index in [9.17, 15) is 4.79 Å². The molecule has 0 fully saturated rings. The molecule has 1 heterocycles. The minimum atomic E-state index is -0.929. The maximum atomic E-state index is 10.9. The number of thiophene rings is 1. The van der Waals surface area contributed by atoms with E-state index in [-0.39, 0.29) is 5.56 Å². The fourth-order valence-electron chi connectivity index (χ4n) is 1.61. The number of benzene rings is 1. The Hall–Kier alpha value is -0.850. The first kappa shape index (κ1) is 14.6. The van der Waals surface area contributed by atoms with E-state index < -0.39 is 5.97 Å². The van der Waals surface area contributed by atoms with Crippen LogP contribution >= 0.6 is 43.2 Å². The highest BCUT2D eigenvalue weighted by Crippen LogP contribution is 2.23. The van der Waals surface area contributed by atoms with Crippen LogP contribution in [0, 0.1) is 0 Å². The van der Waals surface area contributed by atoms with E-state index in [4.69, 9.17) is 5.11 Å². The molecular weight excluding hydrogens is 394 g/mol. The second-order valence-corrected chi connectivity index (χ2v) is 7.28. The Morgan fingerprint density at radius 1 is 1.26 bits per heavy atom. The molecule has 100 valence electrons. The summed E-state index contributed by atoms with van der Waals surface area (Å²) in [5, 5.41) is 12.2. The number of aromatic carboxylic acids is 1. The summed E-state index contributed by atoms with van der Waals surface area (Å²) >= 11 is 8.42. The molecule has 1 aromatic carbocycles. The van der Waals surface area contributed by atoms with Crippen LogP contribution in [0.3, 0.4) is 0 Å². The van der Waals surface area contributed by atoms with Gasteiger partial charge in [0, 0.05) is 21.6 Å².